The van der Waals surface area contributed by atoms with Gasteiger partial charge >= 0.3 is 5.97 Å². The third-order valence-electron chi connectivity index (χ3n) is 2.98. The Balaban J connectivity index is 2.06. The first-order chi connectivity index (χ1) is 9.08. The van der Waals surface area contributed by atoms with Crippen molar-refractivity contribution < 1.29 is 15.0 Å². The van der Waals surface area contributed by atoms with Crippen LogP contribution in [0.5, 0.6) is 0 Å². The van der Waals surface area contributed by atoms with Crippen LogP contribution in [0.3, 0.4) is 0 Å². The molecule has 0 spiro atoms. The van der Waals surface area contributed by atoms with Gasteiger partial charge in [0, 0.05) is 11.3 Å². The van der Waals surface area contributed by atoms with Crippen molar-refractivity contribution in [3.05, 3.63) is 28.5 Å². The number of hydrogen-bond donors (Lipinski definition) is 4. The molecule has 0 aliphatic carbocycles. The second kappa shape index (κ2) is 4.14. The summed E-state index contributed by atoms with van der Waals surface area (Å²) < 4.78 is 1.70. The fourth-order valence-corrected chi connectivity index (χ4v) is 2.24. The van der Waals surface area contributed by atoms with E-state index in [1.54, 1.807) is 18.2 Å². The van der Waals surface area contributed by atoms with Crippen LogP contribution >= 0.6 is 12.2 Å². The third-order valence-corrected chi connectivity index (χ3v) is 3.24. The Morgan fingerprint density at radius 2 is 2.26 bits per heavy atom. The number of carboxylic acid groups (broad SMARTS) is 1. The summed E-state index contributed by atoms with van der Waals surface area (Å²) in [6.07, 6.45) is -1.11. The van der Waals surface area contributed by atoms with Crippen molar-refractivity contribution in [3.63, 3.8) is 0 Å². The number of aromatic nitrogens is 4. The molecule has 8 nitrogen and oxygen atoms in total. The van der Waals surface area contributed by atoms with Crippen molar-refractivity contribution in [2.75, 3.05) is 5.32 Å². The highest BCUT2D eigenvalue weighted by molar-refractivity contribution is 7.71. The zero-order chi connectivity index (χ0) is 13.6. The minimum absolute atomic E-state index is 0.246. The molecule has 0 amide bonds. The number of nitrogens with zero attached hydrogens (tertiary/aromatic N) is 3. The number of rotatable bonds is 2. The van der Waals surface area contributed by atoms with Gasteiger partial charge in [-0.3, -0.25) is 0 Å². The second-order valence-electron chi connectivity index (χ2n) is 4.09. The fraction of sp³-hybridized carbons (Fsp3) is 0.200. The van der Waals surface area contributed by atoms with E-state index in [4.69, 9.17) is 17.3 Å². The first kappa shape index (κ1) is 11.8. The number of aliphatic hydroxyl groups excluding tert-OH is 1. The summed E-state index contributed by atoms with van der Waals surface area (Å²) in [5.41, 5.74) is 1.71. The number of anilines is 1. The first-order valence-electron chi connectivity index (χ1n) is 5.40. The molecule has 9 heteroatoms. The molecule has 1 aromatic carbocycles. The average molecular weight is 279 g/mol. The number of aliphatic hydroxyl groups is 1. The summed E-state index contributed by atoms with van der Waals surface area (Å²) in [6, 6.07) is 4.00. The number of aliphatic carboxylic acids is 1. The average Bonchev–Trinajstić information content (AvgIpc) is 2.94. The van der Waals surface area contributed by atoms with E-state index in [0.29, 0.717) is 16.9 Å². The van der Waals surface area contributed by atoms with E-state index in [9.17, 15) is 9.90 Å². The van der Waals surface area contributed by atoms with Gasteiger partial charge in [0.1, 0.15) is 6.10 Å². The highest BCUT2D eigenvalue weighted by atomic mass is 32.1. The molecule has 0 saturated heterocycles. The van der Waals surface area contributed by atoms with E-state index in [-0.39, 0.29) is 4.77 Å². The summed E-state index contributed by atoms with van der Waals surface area (Å²) >= 11 is 4.98. The van der Waals surface area contributed by atoms with E-state index >= 15 is 0 Å². The van der Waals surface area contributed by atoms with E-state index in [2.05, 4.69) is 20.8 Å². The van der Waals surface area contributed by atoms with E-state index < -0.39 is 18.1 Å². The lowest BCUT2D eigenvalue weighted by Crippen LogP contribution is -2.29. The molecule has 0 saturated carbocycles. The number of fused-ring (bicyclic) bond motifs is 1. The molecule has 2 aromatic rings. The maximum absolute atomic E-state index is 11.0. The van der Waals surface area contributed by atoms with Crippen LogP contribution < -0.4 is 5.32 Å². The molecule has 4 N–H and O–H groups in total. The van der Waals surface area contributed by atoms with Gasteiger partial charge < -0.3 is 15.5 Å². The Bertz CT molecular complexity index is 709. The van der Waals surface area contributed by atoms with Gasteiger partial charge in [0.15, 0.2) is 6.04 Å². The number of carboxylic acids is 1. The molecular formula is C10H9N5O3S. The maximum atomic E-state index is 11.0. The molecule has 2 unspecified atom stereocenters. The van der Waals surface area contributed by atoms with E-state index in [0.717, 1.165) is 0 Å². The van der Waals surface area contributed by atoms with Crippen LogP contribution in [0.1, 0.15) is 11.7 Å². The highest BCUT2D eigenvalue weighted by Crippen LogP contribution is 2.35. The zero-order valence-electron chi connectivity index (χ0n) is 9.44. The summed E-state index contributed by atoms with van der Waals surface area (Å²) in [4.78, 5) is 11.0. The zero-order valence-corrected chi connectivity index (χ0v) is 10.3. The van der Waals surface area contributed by atoms with Crippen LogP contribution in [-0.4, -0.2) is 42.4 Å². The molecule has 2 atom stereocenters. The fourth-order valence-electron chi connectivity index (χ4n) is 2.05. The predicted molar refractivity (Wildman–Crippen MR) is 66.5 cm³/mol. The molecule has 3 rings (SSSR count). The summed E-state index contributed by atoms with van der Waals surface area (Å²) in [5.74, 6) is -1.11. The quantitative estimate of drug-likeness (QED) is 0.582. The molecule has 0 fully saturated rings. The largest absolute Gasteiger partial charge is 0.480 e. The molecule has 98 valence electrons. The second-order valence-corrected chi connectivity index (χ2v) is 4.46. The van der Waals surface area contributed by atoms with Crippen LogP contribution in [0.2, 0.25) is 0 Å². The number of nitrogens with one attached hydrogen (secondary N) is 2. The Kier molecular flexibility index (Phi) is 2.57. The van der Waals surface area contributed by atoms with Gasteiger partial charge in [0.2, 0.25) is 4.77 Å². The molecule has 1 aliphatic rings. The number of benzene rings is 1. The normalized spacial score (nSPS) is 20.9. The van der Waals surface area contributed by atoms with Crippen LogP contribution in [0.25, 0.3) is 5.69 Å². The number of hydrogen-bond acceptors (Lipinski definition) is 6. The summed E-state index contributed by atoms with van der Waals surface area (Å²) in [5, 5.41) is 31.5. The van der Waals surface area contributed by atoms with Crippen molar-refractivity contribution in [3.8, 4) is 5.69 Å². The highest BCUT2D eigenvalue weighted by Gasteiger charge is 2.35. The lowest BCUT2D eigenvalue weighted by molar-refractivity contribution is -0.140. The number of tetrazole rings is 1. The molecule has 0 radical (unpaired) electrons. The van der Waals surface area contributed by atoms with Gasteiger partial charge in [-0.1, -0.05) is 10.3 Å². The minimum Gasteiger partial charge on any atom is -0.480 e. The molecule has 0 bridgehead atoms. The van der Waals surface area contributed by atoms with Gasteiger partial charge in [0.25, 0.3) is 0 Å². The van der Waals surface area contributed by atoms with Gasteiger partial charge in [-0.25, -0.2) is 9.48 Å². The first-order valence-corrected chi connectivity index (χ1v) is 5.80. The molecule has 1 aliphatic heterocycles. The van der Waals surface area contributed by atoms with Gasteiger partial charge in [-0.05, 0) is 30.4 Å². The van der Waals surface area contributed by atoms with Crippen LogP contribution in [-0.2, 0) is 4.79 Å². The van der Waals surface area contributed by atoms with Crippen molar-refractivity contribution in [2.24, 2.45) is 0 Å². The Labute approximate surface area is 111 Å². The maximum Gasteiger partial charge on any atom is 0.329 e. The Morgan fingerprint density at radius 3 is 2.89 bits per heavy atom. The predicted octanol–water partition coefficient (Wildman–Crippen LogP) is 0.237. The number of aromatic amines is 1. The molecule has 2 heterocycles. The topological polar surface area (TPSA) is 116 Å². The van der Waals surface area contributed by atoms with Crippen LogP contribution in [0.4, 0.5) is 5.69 Å². The SMILES string of the molecule is O=C(O)C1Nc2ccc(-n3[nH]nnc3=S)cc2C1O. The van der Waals surface area contributed by atoms with Crippen molar-refractivity contribution in [1.82, 2.24) is 20.2 Å². The number of carbonyl (C=O) groups is 1. The van der Waals surface area contributed by atoms with Gasteiger partial charge in [0.05, 0.1) is 5.69 Å². The smallest absolute Gasteiger partial charge is 0.329 e. The summed E-state index contributed by atoms with van der Waals surface area (Å²) in [6.45, 7) is 0. The van der Waals surface area contributed by atoms with Crippen LogP contribution in [0.15, 0.2) is 18.2 Å². The van der Waals surface area contributed by atoms with Crippen molar-refractivity contribution in [1.29, 1.82) is 0 Å². The lowest BCUT2D eigenvalue weighted by atomic mass is 10.1. The summed E-state index contributed by atoms with van der Waals surface area (Å²) in [7, 11) is 0. The monoisotopic (exact) mass is 279 g/mol. The molecular weight excluding hydrogens is 270 g/mol. The van der Waals surface area contributed by atoms with Crippen molar-refractivity contribution in [2.45, 2.75) is 12.1 Å². The Hall–Kier alpha value is -2.26. The number of H-pyrrole nitrogens is 1. The van der Waals surface area contributed by atoms with Crippen LogP contribution in [0, 0.1) is 4.77 Å². The minimum atomic E-state index is -1.11. The van der Waals surface area contributed by atoms with Gasteiger partial charge in [-0.15, -0.1) is 0 Å². The standard InChI is InChI=1S/C10H9N5O3S/c16-8-5-3-4(15-10(19)12-13-14-15)1-2-6(5)11-7(8)9(17)18/h1-3,7-8,11,16H,(H,17,18)(H,12,14,19). The Morgan fingerprint density at radius 1 is 1.47 bits per heavy atom. The van der Waals surface area contributed by atoms with E-state index in [1.807, 2.05) is 0 Å². The third kappa shape index (κ3) is 1.79. The van der Waals surface area contributed by atoms with Crippen molar-refractivity contribution >= 4 is 23.9 Å². The van der Waals surface area contributed by atoms with E-state index in [1.165, 1.54) is 4.68 Å². The lowest BCUT2D eigenvalue weighted by Gasteiger charge is -2.09. The molecule has 19 heavy (non-hydrogen) atoms. The molecule has 1 aromatic heterocycles. The van der Waals surface area contributed by atoms with Gasteiger partial charge in [-0.2, -0.15) is 5.21 Å².